The average Bonchev–Trinajstić information content (AvgIpc) is 2.72. The molecule has 0 atom stereocenters. The smallest absolute Gasteiger partial charge is 0.387 e. The van der Waals surface area contributed by atoms with E-state index >= 15 is 0 Å². The molecule has 9 heteroatoms. The van der Waals surface area contributed by atoms with Gasteiger partial charge in [0.15, 0.2) is 5.96 Å². The number of ether oxygens (including phenoxy) is 1. The van der Waals surface area contributed by atoms with Crippen LogP contribution in [0.2, 0.25) is 0 Å². The van der Waals surface area contributed by atoms with E-state index in [1.807, 2.05) is 25.1 Å². The Kier molecular flexibility index (Phi) is 9.17. The summed E-state index contributed by atoms with van der Waals surface area (Å²) in [4.78, 5) is 17.9. The van der Waals surface area contributed by atoms with E-state index in [4.69, 9.17) is 0 Å². The van der Waals surface area contributed by atoms with Gasteiger partial charge in [0.2, 0.25) is 0 Å². The quantitative estimate of drug-likeness (QED) is 0.467. The predicted octanol–water partition coefficient (Wildman–Crippen LogP) is 3.43. The molecule has 0 spiro atoms. The second-order valence-corrected chi connectivity index (χ2v) is 6.87. The van der Waals surface area contributed by atoms with Crippen molar-refractivity contribution in [3.8, 4) is 5.75 Å². The van der Waals surface area contributed by atoms with E-state index in [1.54, 1.807) is 20.2 Å². The fraction of sp³-hybridized carbons (Fsp3) is 0.364. The molecule has 0 heterocycles. The summed E-state index contributed by atoms with van der Waals surface area (Å²) in [6.45, 7) is -0.274. The molecule has 0 fully saturated rings. The van der Waals surface area contributed by atoms with Gasteiger partial charge in [0.05, 0.1) is 12.1 Å². The van der Waals surface area contributed by atoms with Gasteiger partial charge in [-0.1, -0.05) is 18.2 Å². The number of hydrogen-bond acceptors (Lipinski definition) is 3. The van der Waals surface area contributed by atoms with Crippen molar-refractivity contribution >= 4 is 11.9 Å². The summed E-state index contributed by atoms with van der Waals surface area (Å²) >= 11 is 0. The molecule has 0 aliphatic heterocycles. The lowest BCUT2D eigenvalue weighted by molar-refractivity contribution is -0.0506. The van der Waals surface area contributed by atoms with Gasteiger partial charge in [0, 0.05) is 32.7 Å². The molecule has 0 aromatic heterocycles. The number of nitrogens with one attached hydrogen (secondary N) is 2. The minimum Gasteiger partial charge on any atom is -0.434 e. The standard InChI is InChI=1S/C22H27F3N4O2/c1-4-26-22(28-14-17-18(23)9-6-10-19(17)31-21(24)25)27-12-11-15-7-5-8-16(13-15)20(30)29(2)3/h5-10,13,21H,4,11-12,14H2,1-3H3,(H2,26,27,28). The first-order chi connectivity index (χ1) is 14.8. The fourth-order valence-corrected chi connectivity index (χ4v) is 2.84. The number of carbonyl (C=O) groups is 1. The summed E-state index contributed by atoms with van der Waals surface area (Å²) in [5, 5.41) is 6.15. The molecule has 0 saturated heterocycles. The van der Waals surface area contributed by atoms with Crippen LogP contribution in [0.15, 0.2) is 47.5 Å². The third kappa shape index (κ3) is 7.51. The number of aliphatic imine (C=N–C) groups is 1. The number of rotatable bonds is 9. The highest BCUT2D eigenvalue weighted by molar-refractivity contribution is 5.94. The van der Waals surface area contributed by atoms with Crippen molar-refractivity contribution in [2.45, 2.75) is 26.5 Å². The van der Waals surface area contributed by atoms with Crippen LogP contribution in [-0.2, 0) is 13.0 Å². The number of nitrogens with zero attached hydrogens (tertiary/aromatic N) is 2. The van der Waals surface area contributed by atoms with Crippen molar-refractivity contribution in [2.24, 2.45) is 4.99 Å². The lowest BCUT2D eigenvalue weighted by Crippen LogP contribution is -2.38. The molecule has 0 radical (unpaired) electrons. The maximum Gasteiger partial charge on any atom is 0.387 e. The first kappa shape index (κ1) is 24.0. The Balaban J connectivity index is 2.04. The first-order valence-electron chi connectivity index (χ1n) is 9.86. The van der Waals surface area contributed by atoms with Crippen LogP contribution in [-0.4, -0.2) is 50.6 Å². The molecule has 2 N–H and O–H groups in total. The third-order valence-corrected chi connectivity index (χ3v) is 4.32. The SMILES string of the molecule is CCNC(=NCc1c(F)cccc1OC(F)F)NCCc1cccc(C(=O)N(C)C)c1. The van der Waals surface area contributed by atoms with E-state index in [9.17, 15) is 18.0 Å². The normalized spacial score (nSPS) is 11.4. The maximum absolute atomic E-state index is 14.1. The van der Waals surface area contributed by atoms with Crippen LogP contribution >= 0.6 is 0 Å². The molecule has 6 nitrogen and oxygen atoms in total. The van der Waals surface area contributed by atoms with Gasteiger partial charge >= 0.3 is 6.61 Å². The highest BCUT2D eigenvalue weighted by Gasteiger charge is 2.14. The Labute approximate surface area is 180 Å². The second-order valence-electron chi connectivity index (χ2n) is 6.87. The summed E-state index contributed by atoms with van der Waals surface area (Å²) < 4.78 is 43.6. The lowest BCUT2D eigenvalue weighted by Gasteiger charge is -2.14. The highest BCUT2D eigenvalue weighted by atomic mass is 19.3. The molecule has 0 aliphatic carbocycles. The molecular weight excluding hydrogens is 409 g/mol. The topological polar surface area (TPSA) is 66.0 Å². The molecule has 1 amide bonds. The summed E-state index contributed by atoms with van der Waals surface area (Å²) in [7, 11) is 3.39. The van der Waals surface area contributed by atoms with Crippen molar-refractivity contribution in [1.29, 1.82) is 0 Å². The Morgan fingerprint density at radius 1 is 1.16 bits per heavy atom. The first-order valence-corrected chi connectivity index (χ1v) is 9.86. The number of benzene rings is 2. The zero-order chi connectivity index (χ0) is 22.8. The van der Waals surface area contributed by atoms with Crippen molar-refractivity contribution < 1.29 is 22.7 Å². The molecule has 2 aromatic carbocycles. The zero-order valence-corrected chi connectivity index (χ0v) is 17.8. The minimum atomic E-state index is -3.05. The number of alkyl halides is 2. The fourth-order valence-electron chi connectivity index (χ4n) is 2.84. The van der Waals surface area contributed by atoms with Gasteiger partial charge in [-0.05, 0) is 43.2 Å². The molecule has 0 saturated carbocycles. The number of guanidine groups is 1. The Hall–Kier alpha value is -3.23. The minimum absolute atomic E-state index is 0.0464. The summed E-state index contributed by atoms with van der Waals surface area (Å²) in [5.74, 6) is -0.567. The van der Waals surface area contributed by atoms with E-state index in [2.05, 4.69) is 20.4 Å². The molecular formula is C22H27F3N4O2. The monoisotopic (exact) mass is 436 g/mol. The largest absolute Gasteiger partial charge is 0.434 e. The maximum atomic E-state index is 14.1. The van der Waals surface area contributed by atoms with Gasteiger partial charge in [-0.2, -0.15) is 8.78 Å². The summed E-state index contributed by atoms with van der Waals surface area (Å²) in [6.07, 6.45) is 0.623. The van der Waals surface area contributed by atoms with Crippen LogP contribution in [0.5, 0.6) is 5.75 Å². The Morgan fingerprint density at radius 2 is 1.90 bits per heavy atom. The molecule has 168 valence electrons. The van der Waals surface area contributed by atoms with Crippen molar-refractivity contribution in [1.82, 2.24) is 15.5 Å². The van der Waals surface area contributed by atoms with Crippen molar-refractivity contribution in [3.05, 3.63) is 65.0 Å². The highest BCUT2D eigenvalue weighted by Crippen LogP contribution is 2.24. The van der Waals surface area contributed by atoms with Crippen LogP contribution in [0.3, 0.4) is 0 Å². The van der Waals surface area contributed by atoms with Gasteiger partial charge < -0.3 is 20.3 Å². The van der Waals surface area contributed by atoms with Crippen LogP contribution in [0.4, 0.5) is 13.2 Å². The van der Waals surface area contributed by atoms with Crippen LogP contribution in [0.1, 0.15) is 28.4 Å². The average molecular weight is 436 g/mol. The molecule has 31 heavy (non-hydrogen) atoms. The summed E-state index contributed by atoms with van der Waals surface area (Å²) in [6, 6.07) is 11.1. The predicted molar refractivity (Wildman–Crippen MR) is 114 cm³/mol. The Bertz CT molecular complexity index is 904. The molecule has 2 rings (SSSR count). The van der Waals surface area contributed by atoms with Gasteiger partial charge in [0.25, 0.3) is 5.91 Å². The van der Waals surface area contributed by atoms with Gasteiger partial charge in [-0.25, -0.2) is 9.38 Å². The molecule has 0 unspecified atom stereocenters. The van der Waals surface area contributed by atoms with Gasteiger partial charge in [-0.3, -0.25) is 4.79 Å². The van der Waals surface area contributed by atoms with Crippen molar-refractivity contribution in [2.75, 3.05) is 27.2 Å². The van der Waals surface area contributed by atoms with Crippen molar-refractivity contribution in [3.63, 3.8) is 0 Å². The number of halogens is 3. The van der Waals surface area contributed by atoms with Crippen LogP contribution < -0.4 is 15.4 Å². The van der Waals surface area contributed by atoms with E-state index in [0.717, 1.165) is 5.56 Å². The van der Waals surface area contributed by atoms with E-state index in [0.29, 0.717) is 31.0 Å². The third-order valence-electron chi connectivity index (χ3n) is 4.32. The number of carbonyl (C=O) groups excluding carboxylic acids is 1. The number of amides is 1. The number of hydrogen-bond donors (Lipinski definition) is 2. The van der Waals surface area contributed by atoms with Gasteiger partial charge in [-0.15, -0.1) is 0 Å². The zero-order valence-electron chi connectivity index (χ0n) is 17.8. The van der Waals surface area contributed by atoms with E-state index in [1.165, 1.54) is 23.1 Å². The van der Waals surface area contributed by atoms with E-state index in [-0.39, 0.29) is 23.8 Å². The molecule has 0 bridgehead atoms. The van der Waals surface area contributed by atoms with Crippen LogP contribution in [0.25, 0.3) is 0 Å². The lowest BCUT2D eigenvalue weighted by atomic mass is 10.1. The summed E-state index contributed by atoms with van der Waals surface area (Å²) in [5.41, 5.74) is 1.53. The Morgan fingerprint density at radius 3 is 2.58 bits per heavy atom. The van der Waals surface area contributed by atoms with Gasteiger partial charge in [0.1, 0.15) is 11.6 Å². The van der Waals surface area contributed by atoms with Crippen LogP contribution in [0, 0.1) is 5.82 Å². The molecule has 0 aliphatic rings. The second kappa shape index (κ2) is 11.8. The van der Waals surface area contributed by atoms with E-state index < -0.39 is 12.4 Å². The molecule has 2 aromatic rings.